The van der Waals surface area contributed by atoms with Crippen LogP contribution >= 0.6 is 0 Å². The third-order valence-corrected chi connectivity index (χ3v) is 2.48. The number of likely N-dealkylation sites (N-methyl/N-ethyl adjacent to an activating group) is 1. The zero-order valence-electron chi connectivity index (χ0n) is 17.8. The van der Waals surface area contributed by atoms with E-state index in [1.807, 2.05) is 0 Å². The van der Waals surface area contributed by atoms with E-state index >= 15 is 0 Å². The van der Waals surface area contributed by atoms with Gasteiger partial charge in [-0.15, -0.1) is 0 Å². The molecule has 0 bridgehead atoms. The Hall–Kier alpha value is -2.48. The van der Waals surface area contributed by atoms with Gasteiger partial charge in [-0.05, 0) is 26.7 Å². The second-order valence-electron chi connectivity index (χ2n) is 6.78. The maximum absolute atomic E-state index is 10.2. The Morgan fingerprint density at radius 3 is 1.69 bits per heavy atom. The van der Waals surface area contributed by atoms with Crippen molar-refractivity contribution < 1.29 is 39.3 Å². The average Bonchev–Trinajstić information content (AvgIpc) is 2.50. The fourth-order valence-corrected chi connectivity index (χ4v) is 0.969. The molecule has 0 aliphatic heterocycles. The molecule has 0 fully saturated rings. The summed E-state index contributed by atoms with van der Waals surface area (Å²) < 4.78 is 0.844. The van der Waals surface area contributed by atoms with E-state index in [-0.39, 0.29) is 12.6 Å². The number of hydrogen-bond acceptors (Lipinski definition) is 8. The van der Waals surface area contributed by atoms with Gasteiger partial charge in [0.25, 0.3) is 0 Å². The molecule has 0 radical (unpaired) electrons. The van der Waals surface area contributed by atoms with Crippen LogP contribution in [-0.4, -0.2) is 96.6 Å². The lowest BCUT2D eigenvalue weighted by Crippen LogP contribution is -2.36. The Balaban J connectivity index is -0.000000157. The number of hydrogen-bond donors (Lipinski definition) is 8. The van der Waals surface area contributed by atoms with Crippen LogP contribution in [0.1, 0.15) is 26.7 Å². The molecule has 2 atom stereocenters. The minimum absolute atomic E-state index is 0.112. The van der Waals surface area contributed by atoms with Crippen LogP contribution in [0.4, 0.5) is 0 Å². The molecule has 0 aromatic rings. The fraction of sp³-hybridized carbons (Fsp3) is 0.750. The van der Waals surface area contributed by atoms with Crippen molar-refractivity contribution in [2.45, 2.75) is 38.8 Å². The van der Waals surface area contributed by atoms with Crippen molar-refractivity contribution >= 4 is 23.9 Å². The monoisotopic (exact) mass is 426 g/mol. The molecule has 2 unspecified atom stereocenters. The molecular formula is C16H38N6O7. The Morgan fingerprint density at radius 1 is 1.14 bits per heavy atom. The van der Waals surface area contributed by atoms with Crippen molar-refractivity contribution in [3.63, 3.8) is 0 Å². The standard InChI is InChI=1S/C6H14N4O2.C5H14NO.C3H7NO2.C2H4O2/c7-4(5(11)12)2-1-3-10-6(8)9;1-6(2,3)4-5-7;1-2(4)3(5)6;1-2(3)4/h4H,1-3,7H2,(H,11,12)(H4,8,9,10);7H,4-5H2,1-3H3;2H,4H2,1H3,(H,5,6);1H3,(H,3,4)/q;+1;;/p-1. The molecule has 0 aliphatic rings. The summed E-state index contributed by atoms with van der Waals surface area (Å²) in [5.41, 5.74) is 15.1. The van der Waals surface area contributed by atoms with E-state index in [0.717, 1.165) is 18.0 Å². The molecular weight excluding hydrogens is 388 g/mol. The Morgan fingerprint density at radius 2 is 1.52 bits per heavy atom. The first kappa shape index (κ1) is 34.1. The number of carboxylic acids is 3. The Bertz CT molecular complexity index is 463. The van der Waals surface area contributed by atoms with Gasteiger partial charge >= 0.3 is 11.9 Å². The van der Waals surface area contributed by atoms with Gasteiger partial charge in [0.1, 0.15) is 18.6 Å². The van der Waals surface area contributed by atoms with Crippen LogP contribution in [0.5, 0.6) is 0 Å². The average molecular weight is 427 g/mol. The predicted molar refractivity (Wildman–Crippen MR) is 107 cm³/mol. The molecule has 0 amide bonds. The van der Waals surface area contributed by atoms with Crippen molar-refractivity contribution in [1.82, 2.24) is 5.32 Å². The highest BCUT2D eigenvalue weighted by Gasteiger charge is 2.09. The summed E-state index contributed by atoms with van der Waals surface area (Å²) in [6, 6.07) is -1.55. The van der Waals surface area contributed by atoms with Crippen molar-refractivity contribution in [3.05, 3.63) is 0 Å². The Labute approximate surface area is 171 Å². The van der Waals surface area contributed by atoms with Gasteiger partial charge in [-0.3, -0.25) is 15.0 Å². The number of nitrogens with one attached hydrogen (secondary N) is 2. The van der Waals surface area contributed by atoms with Crippen LogP contribution < -0.4 is 27.6 Å². The zero-order valence-corrected chi connectivity index (χ0v) is 17.8. The fourth-order valence-electron chi connectivity index (χ4n) is 0.969. The van der Waals surface area contributed by atoms with Crippen LogP contribution in [0.15, 0.2) is 0 Å². The number of carboxylic acid groups (broad SMARTS) is 3. The maximum atomic E-state index is 10.2. The highest BCUT2D eigenvalue weighted by atomic mass is 16.4. The van der Waals surface area contributed by atoms with E-state index in [2.05, 4.69) is 26.5 Å². The number of aliphatic hydroxyl groups excluding tert-OH is 1. The van der Waals surface area contributed by atoms with Crippen LogP contribution in [-0.2, 0) is 14.4 Å². The molecule has 174 valence electrons. The predicted octanol–water partition coefficient (Wildman–Crippen LogP) is -3.48. The third-order valence-electron chi connectivity index (χ3n) is 2.48. The first-order valence-corrected chi connectivity index (χ1v) is 8.61. The lowest BCUT2D eigenvalue weighted by Gasteiger charge is -2.21. The second-order valence-corrected chi connectivity index (χ2v) is 6.78. The van der Waals surface area contributed by atoms with Gasteiger partial charge in [-0.2, -0.15) is 0 Å². The van der Waals surface area contributed by atoms with Gasteiger partial charge < -0.3 is 52.2 Å². The number of rotatable bonds is 8. The largest absolute Gasteiger partial charge is 0.550 e. The molecule has 29 heavy (non-hydrogen) atoms. The number of aliphatic hydroxyl groups is 1. The molecule has 0 aromatic carbocycles. The van der Waals surface area contributed by atoms with Crippen LogP contribution in [0.3, 0.4) is 0 Å². The van der Waals surface area contributed by atoms with E-state index in [1.54, 1.807) is 0 Å². The number of carbonyl (C=O) groups is 3. The molecule has 0 saturated heterocycles. The van der Waals surface area contributed by atoms with Gasteiger partial charge in [-0.25, -0.2) is 0 Å². The highest BCUT2D eigenvalue weighted by Crippen LogP contribution is 1.92. The summed E-state index contributed by atoms with van der Waals surface area (Å²) in [7, 11) is 6.16. The molecule has 13 heteroatoms. The number of carbonyl (C=O) groups excluding carboxylic acids is 1. The highest BCUT2D eigenvalue weighted by molar-refractivity contribution is 5.74. The minimum atomic E-state index is -1.08. The molecule has 0 spiro atoms. The Kier molecular flexibility index (Phi) is 23.8. The van der Waals surface area contributed by atoms with Gasteiger partial charge in [0, 0.05) is 12.5 Å². The van der Waals surface area contributed by atoms with E-state index in [9.17, 15) is 9.59 Å². The first-order chi connectivity index (χ1) is 13.0. The summed E-state index contributed by atoms with van der Waals surface area (Å²) in [6.07, 6.45) is 0.975. The molecule has 0 rings (SSSR count). The number of nitrogens with two attached hydrogens (primary N) is 3. The lowest BCUT2D eigenvalue weighted by molar-refractivity contribution is -0.870. The van der Waals surface area contributed by atoms with Crippen LogP contribution in [0.25, 0.3) is 0 Å². The number of quaternary nitrogens is 1. The molecule has 0 heterocycles. The summed E-state index contributed by atoms with van der Waals surface area (Å²) in [5, 5.41) is 42.9. The van der Waals surface area contributed by atoms with Crippen molar-refractivity contribution in [1.29, 1.82) is 5.41 Å². The van der Waals surface area contributed by atoms with Crippen LogP contribution in [0, 0.1) is 5.41 Å². The molecule has 0 saturated carbocycles. The summed E-state index contributed by atoms with van der Waals surface area (Å²) >= 11 is 0. The first-order valence-electron chi connectivity index (χ1n) is 8.61. The van der Waals surface area contributed by atoms with Gasteiger partial charge in [0.2, 0.25) is 0 Å². The minimum Gasteiger partial charge on any atom is -0.550 e. The number of nitrogens with zero attached hydrogens (tertiary/aromatic N) is 1. The summed E-state index contributed by atoms with van der Waals surface area (Å²) in [4.78, 5) is 28.7. The molecule has 0 aliphatic carbocycles. The van der Waals surface area contributed by atoms with E-state index in [4.69, 9.17) is 47.8 Å². The molecule has 11 N–H and O–H groups in total. The smallest absolute Gasteiger partial charge is 0.320 e. The number of aliphatic carboxylic acids is 3. The third kappa shape index (κ3) is 51.7. The SMILES string of the molecule is CC(=O)[O-].CC(N)C(=O)O.C[N+](C)(C)CCO.N=C(N)NCCCC(N)C(=O)O. The van der Waals surface area contributed by atoms with Gasteiger partial charge in [0.05, 0.1) is 27.7 Å². The lowest BCUT2D eigenvalue weighted by atomic mass is 10.2. The van der Waals surface area contributed by atoms with Crippen LogP contribution in [0.2, 0.25) is 0 Å². The maximum Gasteiger partial charge on any atom is 0.320 e. The molecule has 13 nitrogen and oxygen atoms in total. The van der Waals surface area contributed by atoms with Gasteiger partial charge in [0.15, 0.2) is 5.96 Å². The van der Waals surface area contributed by atoms with Crippen molar-refractivity contribution in [2.75, 3.05) is 40.8 Å². The van der Waals surface area contributed by atoms with E-state index < -0.39 is 30.0 Å². The zero-order chi connectivity index (χ0) is 24.2. The van der Waals surface area contributed by atoms with E-state index in [1.165, 1.54) is 6.92 Å². The van der Waals surface area contributed by atoms with Gasteiger partial charge in [-0.1, -0.05) is 0 Å². The van der Waals surface area contributed by atoms with Crippen molar-refractivity contribution in [3.8, 4) is 0 Å². The quantitative estimate of drug-likeness (QED) is 0.0818. The summed E-state index contributed by atoms with van der Waals surface area (Å²) in [5.74, 6) is -3.16. The van der Waals surface area contributed by atoms with E-state index in [0.29, 0.717) is 19.4 Å². The molecule has 0 aromatic heterocycles. The van der Waals surface area contributed by atoms with Crippen molar-refractivity contribution in [2.24, 2.45) is 17.2 Å². The normalized spacial score (nSPS) is 11.6. The topological polar surface area (TPSA) is 249 Å². The second kappa shape index (κ2) is 20.3. The number of guanidine groups is 1. The summed E-state index contributed by atoms with van der Waals surface area (Å²) in [6.45, 7) is 3.99.